The Morgan fingerprint density at radius 2 is 1.86 bits per heavy atom. The Morgan fingerprint density at radius 3 is 2.62 bits per heavy atom. The van der Waals surface area contributed by atoms with Gasteiger partial charge < -0.3 is 14.4 Å². The zero-order valence-electron chi connectivity index (χ0n) is 17.0. The summed E-state index contributed by atoms with van der Waals surface area (Å²) in [7, 11) is 1.85. The third kappa shape index (κ3) is 2.23. The van der Waals surface area contributed by atoms with E-state index < -0.39 is 5.60 Å². The van der Waals surface area contributed by atoms with Gasteiger partial charge in [-0.05, 0) is 39.0 Å². The number of benzene rings is 2. The third-order valence-corrected chi connectivity index (χ3v) is 5.97. The first-order valence-corrected chi connectivity index (χ1v) is 9.95. The molecule has 1 spiro atoms. The van der Waals surface area contributed by atoms with Gasteiger partial charge in [0.2, 0.25) is 5.88 Å². The summed E-state index contributed by atoms with van der Waals surface area (Å²) in [5.74, 6) is 0.973. The van der Waals surface area contributed by atoms with Crippen molar-refractivity contribution in [1.82, 2.24) is 9.78 Å². The van der Waals surface area contributed by atoms with Gasteiger partial charge in [0.05, 0.1) is 16.8 Å². The van der Waals surface area contributed by atoms with Gasteiger partial charge in [0.25, 0.3) is 0 Å². The predicted molar refractivity (Wildman–Crippen MR) is 110 cm³/mol. The molecule has 0 fully saturated rings. The van der Waals surface area contributed by atoms with Crippen molar-refractivity contribution in [3.63, 3.8) is 0 Å². The molecule has 1 unspecified atom stereocenters. The van der Waals surface area contributed by atoms with Gasteiger partial charge in [0.15, 0.2) is 5.60 Å². The summed E-state index contributed by atoms with van der Waals surface area (Å²) in [6, 6.07) is 13.7. The maximum Gasteiger partial charge on any atom is 0.340 e. The van der Waals surface area contributed by atoms with Crippen LogP contribution in [-0.4, -0.2) is 28.8 Å². The van der Waals surface area contributed by atoms with E-state index in [1.165, 1.54) is 0 Å². The number of anilines is 1. The number of hydrogen-bond acceptors (Lipinski definition) is 5. The number of hydrogen-bond donors (Lipinski definition) is 0. The van der Waals surface area contributed by atoms with E-state index in [1.54, 1.807) is 4.68 Å². The van der Waals surface area contributed by atoms with Gasteiger partial charge in [-0.2, -0.15) is 5.10 Å². The first kappa shape index (κ1) is 17.8. The highest BCUT2D eigenvalue weighted by Crippen LogP contribution is 2.57. The predicted octanol–water partition coefficient (Wildman–Crippen LogP) is 4.14. The zero-order chi connectivity index (χ0) is 20.3. The molecular formula is C23H23N3O3. The van der Waals surface area contributed by atoms with Gasteiger partial charge >= 0.3 is 5.97 Å². The van der Waals surface area contributed by atoms with Gasteiger partial charge in [-0.1, -0.05) is 18.2 Å². The molecular weight excluding hydrogens is 366 g/mol. The van der Waals surface area contributed by atoms with Crippen LogP contribution in [0.4, 0.5) is 5.69 Å². The molecule has 1 aromatic heterocycles. The number of esters is 1. The van der Waals surface area contributed by atoms with Crippen LogP contribution in [0.5, 0.6) is 11.6 Å². The lowest BCUT2D eigenvalue weighted by Gasteiger charge is -2.35. The standard InChI is InChI=1S/C23H23N3O3/c1-5-26(6-2)15-11-12-18-19(13-15)28-21-20(14(3)24-25(21)4)23(18)17-10-8-7-9-16(17)22(27)29-23/h7-13H,5-6H2,1-4H3. The summed E-state index contributed by atoms with van der Waals surface area (Å²) >= 11 is 0. The van der Waals surface area contributed by atoms with E-state index in [0.29, 0.717) is 17.2 Å². The molecule has 3 aromatic rings. The molecule has 148 valence electrons. The van der Waals surface area contributed by atoms with Crippen LogP contribution in [0.3, 0.4) is 0 Å². The minimum Gasteiger partial charge on any atom is -0.440 e. The average molecular weight is 389 g/mol. The van der Waals surface area contributed by atoms with Crippen LogP contribution in [-0.2, 0) is 17.4 Å². The summed E-state index contributed by atoms with van der Waals surface area (Å²) < 4.78 is 14.2. The van der Waals surface area contributed by atoms with E-state index in [9.17, 15) is 4.79 Å². The molecule has 6 heteroatoms. The number of carbonyl (C=O) groups is 1. The molecule has 6 nitrogen and oxygen atoms in total. The summed E-state index contributed by atoms with van der Waals surface area (Å²) in [6.07, 6.45) is 0. The molecule has 2 aromatic carbocycles. The number of carbonyl (C=O) groups excluding carboxylic acids is 1. The molecule has 2 aliphatic heterocycles. The fourth-order valence-electron chi connectivity index (χ4n) is 4.67. The van der Waals surface area contributed by atoms with Crippen LogP contribution in [0.1, 0.15) is 46.6 Å². The Kier molecular flexibility index (Phi) is 3.75. The molecule has 5 rings (SSSR count). The normalized spacial score (nSPS) is 18.7. The van der Waals surface area contributed by atoms with Crippen molar-refractivity contribution in [2.24, 2.45) is 7.05 Å². The Labute approximate surface area is 169 Å². The first-order chi connectivity index (χ1) is 14.0. The maximum absolute atomic E-state index is 12.8. The molecule has 0 saturated heterocycles. The topological polar surface area (TPSA) is 56.6 Å². The zero-order valence-corrected chi connectivity index (χ0v) is 17.0. The molecule has 3 heterocycles. The van der Waals surface area contributed by atoms with Crippen LogP contribution < -0.4 is 9.64 Å². The number of aromatic nitrogens is 2. The van der Waals surface area contributed by atoms with Crippen molar-refractivity contribution in [1.29, 1.82) is 0 Å². The molecule has 0 amide bonds. The second kappa shape index (κ2) is 6.11. The van der Waals surface area contributed by atoms with E-state index in [2.05, 4.69) is 29.9 Å². The van der Waals surface area contributed by atoms with Crippen molar-refractivity contribution in [3.05, 3.63) is 70.4 Å². The Bertz CT molecular complexity index is 1150. The number of fused-ring (bicyclic) bond motifs is 6. The summed E-state index contributed by atoms with van der Waals surface area (Å²) in [4.78, 5) is 15.1. The second-order valence-electron chi connectivity index (χ2n) is 7.46. The van der Waals surface area contributed by atoms with E-state index in [-0.39, 0.29) is 5.97 Å². The van der Waals surface area contributed by atoms with Crippen LogP contribution in [0.25, 0.3) is 0 Å². The van der Waals surface area contributed by atoms with E-state index >= 15 is 0 Å². The van der Waals surface area contributed by atoms with Gasteiger partial charge in [-0.15, -0.1) is 0 Å². The molecule has 0 radical (unpaired) electrons. The van der Waals surface area contributed by atoms with Crippen LogP contribution >= 0.6 is 0 Å². The van der Waals surface area contributed by atoms with Crippen LogP contribution in [0.15, 0.2) is 42.5 Å². The molecule has 29 heavy (non-hydrogen) atoms. The second-order valence-corrected chi connectivity index (χ2v) is 7.46. The molecule has 0 aliphatic carbocycles. The van der Waals surface area contributed by atoms with Crippen molar-refractivity contribution in [3.8, 4) is 11.6 Å². The molecule has 2 aliphatic rings. The highest BCUT2D eigenvalue weighted by Gasteiger charge is 2.55. The van der Waals surface area contributed by atoms with Crippen molar-refractivity contribution in [2.75, 3.05) is 18.0 Å². The summed E-state index contributed by atoms with van der Waals surface area (Å²) in [5, 5.41) is 4.57. The highest BCUT2D eigenvalue weighted by atomic mass is 16.6. The van der Waals surface area contributed by atoms with Crippen LogP contribution in [0.2, 0.25) is 0 Å². The van der Waals surface area contributed by atoms with E-state index in [0.717, 1.165) is 41.2 Å². The van der Waals surface area contributed by atoms with Gasteiger partial charge in [0, 0.05) is 43.0 Å². The number of nitrogens with zero attached hydrogens (tertiary/aromatic N) is 3. The third-order valence-electron chi connectivity index (χ3n) is 5.97. The minimum atomic E-state index is -1.04. The number of aryl methyl sites for hydroxylation is 2. The Balaban J connectivity index is 1.83. The molecule has 1 atom stereocenters. The largest absolute Gasteiger partial charge is 0.440 e. The maximum atomic E-state index is 12.8. The lowest BCUT2D eigenvalue weighted by Crippen LogP contribution is -2.33. The molecule has 0 N–H and O–H groups in total. The minimum absolute atomic E-state index is 0.324. The summed E-state index contributed by atoms with van der Waals surface area (Å²) in [6.45, 7) is 7.97. The van der Waals surface area contributed by atoms with Crippen molar-refractivity contribution >= 4 is 11.7 Å². The lowest BCUT2D eigenvalue weighted by atomic mass is 9.78. The van der Waals surface area contributed by atoms with Gasteiger partial charge in [0.1, 0.15) is 5.75 Å². The number of ether oxygens (including phenoxy) is 2. The molecule has 0 saturated carbocycles. The number of rotatable bonds is 3. The van der Waals surface area contributed by atoms with Crippen molar-refractivity contribution < 1.29 is 14.3 Å². The van der Waals surface area contributed by atoms with Gasteiger partial charge in [-0.3, -0.25) is 0 Å². The lowest BCUT2D eigenvalue weighted by molar-refractivity contribution is 0.0221. The van der Waals surface area contributed by atoms with E-state index in [4.69, 9.17) is 9.47 Å². The fraction of sp³-hybridized carbons (Fsp3) is 0.304. The highest BCUT2D eigenvalue weighted by molar-refractivity contribution is 5.97. The first-order valence-electron chi connectivity index (χ1n) is 9.95. The average Bonchev–Trinajstić information content (AvgIpc) is 3.17. The Hall–Kier alpha value is -3.28. The van der Waals surface area contributed by atoms with Gasteiger partial charge in [-0.25, -0.2) is 9.48 Å². The smallest absolute Gasteiger partial charge is 0.340 e. The quantitative estimate of drug-likeness (QED) is 0.630. The SMILES string of the molecule is CCN(CC)c1ccc2c(c1)Oc1c(c(C)nn1C)C21OC(=O)c2ccccc21. The van der Waals surface area contributed by atoms with E-state index in [1.807, 2.05) is 50.4 Å². The summed E-state index contributed by atoms with van der Waals surface area (Å²) in [5.41, 5.74) is 3.85. The monoisotopic (exact) mass is 389 g/mol. The fourth-order valence-corrected chi connectivity index (χ4v) is 4.67. The van der Waals surface area contributed by atoms with Crippen LogP contribution in [0, 0.1) is 6.92 Å². The molecule has 0 bridgehead atoms. The Morgan fingerprint density at radius 1 is 1.10 bits per heavy atom. The van der Waals surface area contributed by atoms with Crippen molar-refractivity contribution in [2.45, 2.75) is 26.4 Å².